The molecule has 2 rings (SSSR count). The van der Waals surface area contributed by atoms with Crippen molar-refractivity contribution in [1.82, 2.24) is 5.16 Å². The number of nitrogens with zero attached hydrogens (tertiary/aromatic N) is 1. The van der Waals surface area contributed by atoms with Crippen molar-refractivity contribution in [2.24, 2.45) is 0 Å². The lowest BCUT2D eigenvalue weighted by Gasteiger charge is -2.10. The maximum atomic E-state index is 12.7. The van der Waals surface area contributed by atoms with Crippen molar-refractivity contribution < 1.29 is 17.7 Å². The number of halogens is 4. The molecule has 0 unspecified atom stereocenters. The lowest BCUT2D eigenvalue weighted by molar-refractivity contribution is -0.137. The van der Waals surface area contributed by atoms with E-state index in [0.29, 0.717) is 0 Å². The first kappa shape index (κ1) is 11.8. The van der Waals surface area contributed by atoms with Crippen LogP contribution in [0.3, 0.4) is 0 Å². The van der Waals surface area contributed by atoms with Gasteiger partial charge in [0.2, 0.25) is 0 Å². The second kappa shape index (κ2) is 3.96. The number of aromatic nitrogens is 1. The lowest BCUT2D eigenvalue weighted by atomic mass is 10.0. The summed E-state index contributed by atoms with van der Waals surface area (Å²) in [5.74, 6) is -0.178. The summed E-state index contributed by atoms with van der Waals surface area (Å²) < 4.78 is 42.9. The van der Waals surface area contributed by atoms with Gasteiger partial charge in [-0.25, -0.2) is 0 Å². The van der Waals surface area contributed by atoms with Crippen molar-refractivity contribution in [3.05, 3.63) is 35.0 Å². The van der Waals surface area contributed by atoms with Gasteiger partial charge in [-0.1, -0.05) is 35.0 Å². The summed E-state index contributed by atoms with van der Waals surface area (Å²) in [4.78, 5) is 0. The van der Waals surface area contributed by atoms with E-state index in [1.165, 1.54) is 18.2 Å². The first-order valence-electron chi connectivity index (χ1n) is 4.48. The first-order chi connectivity index (χ1) is 7.91. The molecule has 0 atom stereocenters. The van der Waals surface area contributed by atoms with Crippen molar-refractivity contribution in [2.75, 3.05) is 5.73 Å². The summed E-state index contributed by atoms with van der Waals surface area (Å²) in [6, 6.07) is 4.90. The fraction of sp³-hybridized carbons (Fsp3) is 0.100. The number of alkyl halides is 3. The van der Waals surface area contributed by atoms with Gasteiger partial charge in [0.1, 0.15) is 5.69 Å². The van der Waals surface area contributed by atoms with Crippen LogP contribution < -0.4 is 5.73 Å². The quantitative estimate of drug-likeness (QED) is 0.854. The SMILES string of the molecule is Nc1c(Cl)noc1-c1ccccc1C(F)(F)F. The van der Waals surface area contributed by atoms with Gasteiger partial charge < -0.3 is 10.3 Å². The topological polar surface area (TPSA) is 52.0 Å². The van der Waals surface area contributed by atoms with Gasteiger partial charge in [-0.2, -0.15) is 13.2 Å². The normalized spacial score (nSPS) is 11.8. The van der Waals surface area contributed by atoms with E-state index >= 15 is 0 Å². The first-order valence-corrected chi connectivity index (χ1v) is 4.86. The largest absolute Gasteiger partial charge is 0.417 e. The monoisotopic (exact) mass is 262 g/mol. The Labute approximate surface area is 99.0 Å². The van der Waals surface area contributed by atoms with Crippen LogP contribution in [0, 0.1) is 0 Å². The smallest absolute Gasteiger partial charge is 0.393 e. The number of nitrogen functional groups attached to an aromatic ring is 1. The van der Waals surface area contributed by atoms with Crippen LogP contribution in [-0.2, 0) is 6.18 Å². The molecule has 17 heavy (non-hydrogen) atoms. The van der Waals surface area contributed by atoms with Crippen LogP contribution in [0.2, 0.25) is 5.15 Å². The summed E-state index contributed by atoms with van der Waals surface area (Å²) in [7, 11) is 0. The van der Waals surface area contributed by atoms with Crippen LogP contribution >= 0.6 is 11.6 Å². The molecule has 3 nitrogen and oxygen atoms in total. The molecule has 7 heteroatoms. The summed E-state index contributed by atoms with van der Waals surface area (Å²) in [5.41, 5.74) is 4.35. The lowest BCUT2D eigenvalue weighted by Crippen LogP contribution is -2.07. The molecule has 0 bridgehead atoms. The Morgan fingerprint density at radius 1 is 1.24 bits per heavy atom. The maximum absolute atomic E-state index is 12.7. The summed E-state index contributed by atoms with van der Waals surface area (Å²) in [6.07, 6.45) is -4.50. The number of hydrogen-bond acceptors (Lipinski definition) is 3. The van der Waals surface area contributed by atoms with Gasteiger partial charge in [0.15, 0.2) is 10.9 Å². The van der Waals surface area contributed by atoms with E-state index in [2.05, 4.69) is 5.16 Å². The van der Waals surface area contributed by atoms with Gasteiger partial charge in [-0.3, -0.25) is 0 Å². The van der Waals surface area contributed by atoms with Crippen LogP contribution in [-0.4, -0.2) is 5.16 Å². The predicted molar refractivity (Wildman–Crippen MR) is 56.4 cm³/mol. The highest BCUT2D eigenvalue weighted by molar-refractivity contribution is 6.32. The minimum atomic E-state index is -4.50. The van der Waals surface area contributed by atoms with Gasteiger partial charge >= 0.3 is 6.18 Å². The van der Waals surface area contributed by atoms with E-state index in [-0.39, 0.29) is 22.2 Å². The van der Waals surface area contributed by atoms with Crippen LogP contribution in [0.15, 0.2) is 28.8 Å². The van der Waals surface area contributed by atoms with Gasteiger partial charge in [-0.05, 0) is 6.07 Å². The highest BCUT2D eigenvalue weighted by Gasteiger charge is 2.35. The average Bonchev–Trinajstić information content (AvgIpc) is 2.59. The molecule has 0 fully saturated rings. The number of anilines is 1. The number of nitrogens with two attached hydrogens (primary N) is 1. The Kier molecular flexibility index (Phi) is 2.74. The third-order valence-electron chi connectivity index (χ3n) is 2.16. The predicted octanol–water partition coefficient (Wildman–Crippen LogP) is 3.60. The van der Waals surface area contributed by atoms with Gasteiger partial charge in [0, 0.05) is 5.56 Å². The van der Waals surface area contributed by atoms with Crippen molar-refractivity contribution in [2.45, 2.75) is 6.18 Å². The van der Waals surface area contributed by atoms with E-state index in [9.17, 15) is 13.2 Å². The van der Waals surface area contributed by atoms with Crippen molar-refractivity contribution in [3.63, 3.8) is 0 Å². The van der Waals surface area contributed by atoms with Crippen molar-refractivity contribution >= 4 is 17.3 Å². The average molecular weight is 263 g/mol. The fourth-order valence-corrected chi connectivity index (χ4v) is 1.52. The molecule has 0 spiro atoms. The molecule has 2 aromatic rings. The molecule has 90 valence electrons. The Hall–Kier alpha value is -1.69. The fourth-order valence-electron chi connectivity index (χ4n) is 1.40. The Bertz CT molecular complexity index is 551. The molecule has 0 radical (unpaired) electrons. The molecule has 0 saturated carbocycles. The molecule has 2 N–H and O–H groups in total. The highest BCUT2D eigenvalue weighted by atomic mass is 35.5. The van der Waals surface area contributed by atoms with E-state index in [1.807, 2.05) is 0 Å². The molecule has 0 aliphatic heterocycles. The Morgan fingerprint density at radius 2 is 1.88 bits per heavy atom. The molecule has 0 saturated heterocycles. The molecule has 1 heterocycles. The van der Waals surface area contributed by atoms with E-state index in [4.69, 9.17) is 21.9 Å². The molecule has 0 aliphatic carbocycles. The Morgan fingerprint density at radius 3 is 2.41 bits per heavy atom. The molecule has 0 amide bonds. The minimum absolute atomic E-state index is 0.108. The molecule has 1 aromatic heterocycles. The maximum Gasteiger partial charge on any atom is 0.417 e. The Balaban J connectivity index is 2.64. The highest BCUT2D eigenvalue weighted by Crippen LogP contribution is 2.40. The summed E-state index contributed by atoms with van der Waals surface area (Å²) in [6.45, 7) is 0. The third kappa shape index (κ3) is 2.08. The van der Waals surface area contributed by atoms with Crippen LogP contribution in [0.4, 0.5) is 18.9 Å². The number of rotatable bonds is 1. The van der Waals surface area contributed by atoms with Gasteiger partial charge in [-0.15, -0.1) is 0 Å². The molecule has 1 aromatic carbocycles. The second-order valence-corrected chi connectivity index (χ2v) is 3.62. The van der Waals surface area contributed by atoms with Crippen LogP contribution in [0.25, 0.3) is 11.3 Å². The van der Waals surface area contributed by atoms with E-state index in [0.717, 1.165) is 6.07 Å². The molecular weight excluding hydrogens is 257 g/mol. The zero-order valence-electron chi connectivity index (χ0n) is 8.25. The summed E-state index contributed by atoms with van der Waals surface area (Å²) in [5, 5.41) is 3.16. The zero-order chi connectivity index (χ0) is 12.6. The van der Waals surface area contributed by atoms with Crippen molar-refractivity contribution in [3.8, 4) is 11.3 Å². The standard InChI is InChI=1S/C10H6ClF3N2O/c11-9-7(15)8(17-16-9)5-3-1-2-4-6(5)10(12,13)14/h1-4H,15H2. The van der Waals surface area contributed by atoms with Crippen LogP contribution in [0.1, 0.15) is 5.56 Å². The molecule has 0 aliphatic rings. The number of benzene rings is 1. The van der Waals surface area contributed by atoms with E-state index in [1.54, 1.807) is 0 Å². The molecular formula is C10H6ClF3N2O. The minimum Gasteiger partial charge on any atom is -0.393 e. The number of hydrogen-bond donors (Lipinski definition) is 1. The summed E-state index contributed by atoms with van der Waals surface area (Å²) >= 11 is 5.53. The van der Waals surface area contributed by atoms with Gasteiger partial charge in [0.05, 0.1) is 5.56 Å². The second-order valence-electron chi connectivity index (χ2n) is 3.26. The van der Waals surface area contributed by atoms with E-state index < -0.39 is 11.7 Å². The van der Waals surface area contributed by atoms with Gasteiger partial charge in [0.25, 0.3) is 0 Å². The van der Waals surface area contributed by atoms with Crippen molar-refractivity contribution in [1.29, 1.82) is 0 Å². The third-order valence-corrected chi connectivity index (χ3v) is 2.43. The zero-order valence-corrected chi connectivity index (χ0v) is 9.01. The van der Waals surface area contributed by atoms with Crippen LogP contribution in [0.5, 0.6) is 0 Å².